The summed E-state index contributed by atoms with van der Waals surface area (Å²) in [7, 11) is 0. The van der Waals surface area contributed by atoms with Crippen LogP contribution in [0.3, 0.4) is 0 Å². The van der Waals surface area contributed by atoms with Gasteiger partial charge in [0, 0.05) is 54.2 Å². The van der Waals surface area contributed by atoms with Crippen LogP contribution in [0.4, 0.5) is 0 Å². The molecule has 0 saturated carbocycles. The number of aromatic nitrogens is 2. The number of para-hydroxylation sites is 2. The predicted octanol–water partition coefficient (Wildman–Crippen LogP) is 6.68. The molecule has 2 aromatic heterocycles. The summed E-state index contributed by atoms with van der Waals surface area (Å²) < 4.78 is 2.30. The number of aliphatic hydroxyl groups excluding tert-OH is 1. The first-order valence-electron chi connectivity index (χ1n) is 10.3. The van der Waals surface area contributed by atoms with Gasteiger partial charge in [0.25, 0.3) is 0 Å². The number of pyridine rings is 1. The van der Waals surface area contributed by atoms with E-state index in [1.807, 2.05) is 30.5 Å². The molecule has 2 heterocycles. The maximum atomic E-state index is 10.0. The van der Waals surface area contributed by atoms with Gasteiger partial charge in [-0.05, 0) is 43.4 Å². The van der Waals surface area contributed by atoms with E-state index in [9.17, 15) is 4.79 Å². The minimum Gasteiger partial charge on any atom is -0.512 e. The second kappa shape index (κ2) is 10.9. The smallest absolute Gasteiger partial charge is 0.155 e. The molecule has 0 aliphatic carbocycles. The van der Waals surface area contributed by atoms with Crippen molar-refractivity contribution in [2.75, 3.05) is 0 Å². The van der Waals surface area contributed by atoms with Gasteiger partial charge in [0.1, 0.15) is 0 Å². The van der Waals surface area contributed by atoms with Crippen molar-refractivity contribution in [1.82, 2.24) is 9.55 Å². The molecule has 167 valence electrons. The van der Waals surface area contributed by atoms with Crippen molar-refractivity contribution in [3.8, 4) is 16.9 Å². The van der Waals surface area contributed by atoms with Crippen LogP contribution in [0.25, 0.3) is 38.8 Å². The summed E-state index contributed by atoms with van der Waals surface area (Å²) >= 11 is 0. The van der Waals surface area contributed by atoms with Crippen LogP contribution in [0.1, 0.15) is 13.8 Å². The van der Waals surface area contributed by atoms with Crippen LogP contribution >= 0.6 is 0 Å². The SMILES string of the molecule is CC(=O)/C=C(/C)O.[Ir].[c-]1cc(-n2c3ccccc3c3ccccc32)ccc1-c1ccccn1. The van der Waals surface area contributed by atoms with Gasteiger partial charge < -0.3 is 14.7 Å². The van der Waals surface area contributed by atoms with Crippen molar-refractivity contribution in [2.45, 2.75) is 13.8 Å². The van der Waals surface area contributed by atoms with Gasteiger partial charge in [0.15, 0.2) is 5.78 Å². The Hall–Kier alpha value is -3.53. The minimum atomic E-state index is -0.125. The molecule has 5 rings (SSSR count). The normalized spacial score (nSPS) is 10.9. The second-order valence-electron chi connectivity index (χ2n) is 7.44. The van der Waals surface area contributed by atoms with E-state index in [1.54, 1.807) is 0 Å². The summed E-state index contributed by atoms with van der Waals surface area (Å²) in [6, 6.07) is 32.6. The molecule has 0 spiro atoms. The predicted molar refractivity (Wildman–Crippen MR) is 130 cm³/mol. The van der Waals surface area contributed by atoms with Crippen molar-refractivity contribution in [3.05, 3.63) is 109 Å². The van der Waals surface area contributed by atoms with Crippen LogP contribution in [-0.2, 0) is 24.9 Å². The van der Waals surface area contributed by atoms with Gasteiger partial charge in [-0.3, -0.25) is 4.79 Å². The summed E-state index contributed by atoms with van der Waals surface area (Å²) in [4.78, 5) is 14.4. The van der Waals surface area contributed by atoms with Crippen molar-refractivity contribution >= 4 is 27.6 Å². The topological polar surface area (TPSA) is 55.1 Å². The number of carbonyl (C=O) groups is 1. The van der Waals surface area contributed by atoms with Crippen LogP contribution in [-0.4, -0.2) is 20.4 Å². The summed E-state index contributed by atoms with van der Waals surface area (Å²) in [5.41, 5.74) is 5.48. The van der Waals surface area contributed by atoms with Crippen LogP contribution in [0.5, 0.6) is 0 Å². The summed E-state index contributed by atoms with van der Waals surface area (Å²) in [6.45, 7) is 2.85. The Bertz CT molecular complexity index is 1350. The molecule has 0 unspecified atom stereocenters. The molecule has 0 aliphatic rings. The number of allylic oxidation sites excluding steroid dienone is 2. The largest absolute Gasteiger partial charge is 0.512 e. The third-order valence-electron chi connectivity index (χ3n) is 4.99. The van der Waals surface area contributed by atoms with E-state index >= 15 is 0 Å². The van der Waals surface area contributed by atoms with E-state index in [0.717, 1.165) is 16.9 Å². The summed E-state index contributed by atoms with van der Waals surface area (Å²) in [5.74, 6) is -0.0625. The van der Waals surface area contributed by atoms with Crippen molar-refractivity contribution in [1.29, 1.82) is 0 Å². The number of rotatable bonds is 3. The first-order valence-corrected chi connectivity index (χ1v) is 10.3. The fourth-order valence-corrected chi connectivity index (χ4v) is 3.73. The van der Waals surface area contributed by atoms with Crippen LogP contribution in [0, 0.1) is 6.07 Å². The van der Waals surface area contributed by atoms with Gasteiger partial charge in [-0.2, -0.15) is 0 Å². The average Bonchev–Trinajstić information content (AvgIpc) is 3.14. The molecule has 0 fully saturated rings. The molecule has 0 bridgehead atoms. The quantitative estimate of drug-likeness (QED) is 0.141. The fraction of sp³-hybridized carbons (Fsp3) is 0.0714. The molecule has 33 heavy (non-hydrogen) atoms. The van der Waals surface area contributed by atoms with Crippen LogP contribution in [0.2, 0.25) is 0 Å². The molecule has 4 nitrogen and oxygen atoms in total. The molecule has 1 radical (unpaired) electrons. The maximum absolute atomic E-state index is 10.0. The van der Waals surface area contributed by atoms with Gasteiger partial charge in [0.2, 0.25) is 0 Å². The Morgan fingerprint density at radius 2 is 1.48 bits per heavy atom. The van der Waals surface area contributed by atoms with E-state index < -0.39 is 0 Å². The number of fused-ring (bicyclic) bond motifs is 3. The zero-order valence-corrected chi connectivity index (χ0v) is 20.7. The number of nitrogens with zero attached hydrogens (tertiary/aromatic N) is 2. The number of benzene rings is 3. The maximum Gasteiger partial charge on any atom is 0.155 e. The van der Waals surface area contributed by atoms with Gasteiger partial charge in [-0.15, -0.1) is 29.8 Å². The number of ketones is 1. The Morgan fingerprint density at radius 3 is 1.94 bits per heavy atom. The average molecular weight is 612 g/mol. The number of hydrogen-bond donors (Lipinski definition) is 1. The molecule has 0 atom stereocenters. The molecule has 5 aromatic rings. The molecular weight excluding hydrogens is 589 g/mol. The second-order valence-corrected chi connectivity index (χ2v) is 7.44. The summed E-state index contributed by atoms with van der Waals surface area (Å²) in [5, 5.41) is 10.9. The zero-order chi connectivity index (χ0) is 22.5. The van der Waals surface area contributed by atoms with Gasteiger partial charge in [0.05, 0.1) is 5.76 Å². The zero-order valence-electron chi connectivity index (χ0n) is 18.3. The van der Waals surface area contributed by atoms with Gasteiger partial charge >= 0.3 is 0 Å². The summed E-state index contributed by atoms with van der Waals surface area (Å²) in [6.07, 6.45) is 2.98. The molecule has 3 aromatic carbocycles. The Balaban J connectivity index is 0.000000337. The van der Waals surface area contributed by atoms with Crippen molar-refractivity contribution in [2.24, 2.45) is 0 Å². The Labute approximate surface area is 206 Å². The Kier molecular flexibility index (Phi) is 7.94. The van der Waals surface area contributed by atoms with Gasteiger partial charge in [-0.1, -0.05) is 48.5 Å². The fourth-order valence-electron chi connectivity index (χ4n) is 3.73. The molecule has 5 heteroatoms. The van der Waals surface area contributed by atoms with Crippen molar-refractivity contribution in [3.63, 3.8) is 0 Å². The van der Waals surface area contributed by atoms with E-state index in [2.05, 4.69) is 76.3 Å². The van der Waals surface area contributed by atoms with Crippen LogP contribution in [0.15, 0.2) is 103 Å². The third kappa shape index (κ3) is 5.45. The number of carbonyl (C=O) groups excluding carboxylic acids is 1. The van der Waals surface area contributed by atoms with E-state index in [-0.39, 0.29) is 31.6 Å². The first-order chi connectivity index (χ1) is 15.5. The molecule has 0 aliphatic heterocycles. The Morgan fingerprint density at radius 1 is 0.879 bits per heavy atom. The molecular formula is C28H23IrN2O2-. The number of hydrogen-bond acceptors (Lipinski definition) is 3. The monoisotopic (exact) mass is 612 g/mol. The van der Waals surface area contributed by atoms with E-state index in [4.69, 9.17) is 5.11 Å². The van der Waals surface area contributed by atoms with E-state index in [0.29, 0.717) is 0 Å². The first kappa shape index (κ1) is 24.1. The van der Waals surface area contributed by atoms with E-state index in [1.165, 1.54) is 41.7 Å². The molecule has 0 amide bonds. The van der Waals surface area contributed by atoms with Crippen molar-refractivity contribution < 1.29 is 30.0 Å². The standard InChI is InChI=1S/C23H15N2.C5H8O2.Ir/c1-3-10-22-19(7-1)20-8-2-4-11-23(20)25(22)18-14-12-17(13-15-18)21-9-5-6-16-24-21;1-4(6)3-5(2)7;/h1-12,14-16H;3,6H,1-2H3;/q-1;;/b;4-3-;. The minimum absolute atomic E-state index is 0. The molecule has 0 saturated heterocycles. The molecule has 1 N–H and O–H groups in total. The number of aliphatic hydroxyl groups is 1. The third-order valence-corrected chi connectivity index (χ3v) is 4.99. The van der Waals surface area contributed by atoms with Gasteiger partial charge in [-0.25, -0.2) is 0 Å². The van der Waals surface area contributed by atoms with Crippen LogP contribution < -0.4 is 0 Å².